The molecule has 41 heavy (non-hydrogen) atoms. The van der Waals surface area contributed by atoms with Crippen molar-refractivity contribution in [1.82, 2.24) is 34.9 Å². The number of hydrogen-bond acceptors (Lipinski definition) is 7. The van der Waals surface area contributed by atoms with E-state index in [2.05, 4.69) is 38.9 Å². The molecule has 1 amide bonds. The van der Waals surface area contributed by atoms with Crippen LogP contribution in [0, 0.1) is 5.92 Å². The molecule has 212 valence electrons. The molecule has 2 aromatic carbocycles. The summed E-state index contributed by atoms with van der Waals surface area (Å²) in [6.45, 7) is 5.11. The minimum atomic E-state index is -0.202. The molecule has 0 unspecified atom stereocenters. The van der Waals surface area contributed by atoms with Gasteiger partial charge >= 0.3 is 0 Å². The van der Waals surface area contributed by atoms with Gasteiger partial charge in [-0.3, -0.25) is 4.79 Å². The first-order valence-corrected chi connectivity index (χ1v) is 13.7. The molecule has 5 aromatic rings. The van der Waals surface area contributed by atoms with E-state index in [-0.39, 0.29) is 10.9 Å². The number of benzene rings is 2. The van der Waals surface area contributed by atoms with E-state index in [9.17, 15) is 4.79 Å². The SMILES string of the molecule is COc1ccc(C(=O)N(CCC(C)C)Cc2nc3ccccn3c2Cc2ccccc2-c2nn[nH]n2)c(Cl)c1OC. The average Bonchev–Trinajstić information content (AvgIpc) is 3.63. The van der Waals surface area contributed by atoms with Crippen molar-refractivity contribution in [3.8, 4) is 22.9 Å². The second kappa shape index (κ2) is 12.4. The van der Waals surface area contributed by atoms with Crippen molar-refractivity contribution >= 4 is 23.2 Å². The summed E-state index contributed by atoms with van der Waals surface area (Å²) in [5, 5.41) is 14.9. The fourth-order valence-electron chi connectivity index (χ4n) is 4.83. The zero-order chi connectivity index (χ0) is 28.9. The highest BCUT2D eigenvalue weighted by molar-refractivity contribution is 6.35. The minimum Gasteiger partial charge on any atom is -0.493 e. The molecule has 5 rings (SSSR count). The number of imidazole rings is 1. The Morgan fingerprint density at radius 3 is 2.61 bits per heavy atom. The minimum absolute atomic E-state index is 0.202. The highest BCUT2D eigenvalue weighted by Crippen LogP contribution is 2.38. The largest absolute Gasteiger partial charge is 0.493 e. The second-order valence-electron chi connectivity index (χ2n) is 10.1. The molecule has 0 aliphatic heterocycles. The Hall–Kier alpha value is -4.44. The summed E-state index contributed by atoms with van der Waals surface area (Å²) in [7, 11) is 3.04. The van der Waals surface area contributed by atoms with Crippen molar-refractivity contribution in [3.63, 3.8) is 0 Å². The van der Waals surface area contributed by atoms with E-state index in [0.29, 0.717) is 48.3 Å². The number of carbonyl (C=O) groups is 1. The number of aromatic nitrogens is 6. The quantitative estimate of drug-likeness (QED) is 0.223. The zero-order valence-corrected chi connectivity index (χ0v) is 24.2. The standard InChI is InChI=1S/C30H32ClN7O3/c1-19(2)14-16-37(30(39)22-12-13-25(40-3)28(41-4)27(22)31)18-23-24(38-15-8-7-11-26(38)32-23)17-20-9-5-6-10-21(20)29-33-35-36-34-29/h5-13,15,19H,14,16-18H2,1-4H3,(H,33,34,35,36). The summed E-state index contributed by atoms with van der Waals surface area (Å²) in [4.78, 5) is 20.8. The van der Waals surface area contributed by atoms with Crippen molar-refractivity contribution in [2.45, 2.75) is 33.2 Å². The maximum Gasteiger partial charge on any atom is 0.255 e. The number of pyridine rings is 1. The third kappa shape index (κ3) is 5.88. The fourth-order valence-corrected chi connectivity index (χ4v) is 5.14. The van der Waals surface area contributed by atoms with Gasteiger partial charge in [0.05, 0.1) is 42.7 Å². The lowest BCUT2D eigenvalue weighted by atomic mass is 10.0. The van der Waals surface area contributed by atoms with Gasteiger partial charge < -0.3 is 18.8 Å². The van der Waals surface area contributed by atoms with Crippen LogP contribution in [0.5, 0.6) is 11.5 Å². The number of hydrogen-bond donors (Lipinski definition) is 1. The average molecular weight is 574 g/mol. The van der Waals surface area contributed by atoms with Gasteiger partial charge in [-0.25, -0.2) is 4.98 Å². The van der Waals surface area contributed by atoms with Gasteiger partial charge in [0.25, 0.3) is 5.91 Å². The van der Waals surface area contributed by atoms with E-state index in [0.717, 1.165) is 34.6 Å². The Balaban J connectivity index is 1.55. The van der Waals surface area contributed by atoms with Crippen molar-refractivity contribution < 1.29 is 14.3 Å². The number of rotatable bonds is 11. The predicted octanol–water partition coefficient (Wildman–Crippen LogP) is 5.46. The third-order valence-corrected chi connectivity index (χ3v) is 7.37. The number of ether oxygens (including phenoxy) is 2. The number of tetrazole rings is 1. The summed E-state index contributed by atoms with van der Waals surface area (Å²) >= 11 is 6.67. The molecule has 0 radical (unpaired) electrons. The lowest BCUT2D eigenvalue weighted by Crippen LogP contribution is -2.33. The molecule has 0 saturated carbocycles. The fraction of sp³-hybridized carbons (Fsp3) is 0.300. The Bertz CT molecular complexity index is 1650. The van der Waals surface area contributed by atoms with Crippen LogP contribution in [0.1, 0.15) is 47.6 Å². The van der Waals surface area contributed by atoms with Crippen molar-refractivity contribution in [2.75, 3.05) is 20.8 Å². The first kappa shape index (κ1) is 28.1. The van der Waals surface area contributed by atoms with E-state index in [1.807, 2.05) is 53.6 Å². The normalized spacial score (nSPS) is 11.3. The maximum absolute atomic E-state index is 14.0. The number of aromatic amines is 1. The molecular weight excluding hydrogens is 542 g/mol. The maximum atomic E-state index is 14.0. The summed E-state index contributed by atoms with van der Waals surface area (Å²) in [5.41, 5.74) is 4.81. The first-order chi connectivity index (χ1) is 19.9. The van der Waals surface area contributed by atoms with Gasteiger partial charge in [0.1, 0.15) is 5.65 Å². The summed E-state index contributed by atoms with van der Waals surface area (Å²) < 4.78 is 12.9. The number of nitrogens with one attached hydrogen (secondary N) is 1. The van der Waals surface area contributed by atoms with Gasteiger partial charge in [-0.05, 0) is 47.4 Å². The first-order valence-electron chi connectivity index (χ1n) is 13.4. The van der Waals surface area contributed by atoms with Gasteiger partial charge in [0.2, 0.25) is 5.82 Å². The van der Waals surface area contributed by atoms with Gasteiger partial charge in [-0.1, -0.05) is 55.8 Å². The molecule has 0 atom stereocenters. The van der Waals surface area contributed by atoms with Crippen molar-refractivity contribution in [3.05, 3.63) is 88.3 Å². The predicted molar refractivity (Wildman–Crippen MR) is 156 cm³/mol. The molecule has 0 aliphatic carbocycles. The van der Waals surface area contributed by atoms with Gasteiger partial charge in [0, 0.05) is 24.7 Å². The molecule has 0 bridgehead atoms. The highest BCUT2D eigenvalue weighted by Gasteiger charge is 2.26. The molecular formula is C30H32ClN7O3. The van der Waals surface area contributed by atoms with Crippen LogP contribution in [0.25, 0.3) is 17.0 Å². The van der Waals surface area contributed by atoms with Crippen LogP contribution in [0.2, 0.25) is 5.02 Å². The summed E-state index contributed by atoms with van der Waals surface area (Å²) in [5.74, 6) is 1.51. The Morgan fingerprint density at radius 1 is 1.07 bits per heavy atom. The lowest BCUT2D eigenvalue weighted by Gasteiger charge is -2.25. The van der Waals surface area contributed by atoms with Gasteiger partial charge in [0.15, 0.2) is 11.5 Å². The van der Waals surface area contributed by atoms with E-state index in [1.165, 1.54) is 14.2 Å². The van der Waals surface area contributed by atoms with Crippen LogP contribution in [-0.2, 0) is 13.0 Å². The van der Waals surface area contributed by atoms with Crippen LogP contribution in [-0.4, -0.2) is 61.6 Å². The molecule has 3 heterocycles. The van der Waals surface area contributed by atoms with Crippen LogP contribution in [0.15, 0.2) is 60.8 Å². The van der Waals surface area contributed by atoms with Crippen molar-refractivity contribution in [1.29, 1.82) is 0 Å². The smallest absolute Gasteiger partial charge is 0.255 e. The monoisotopic (exact) mass is 573 g/mol. The van der Waals surface area contributed by atoms with Gasteiger partial charge in [-0.15, -0.1) is 10.2 Å². The third-order valence-electron chi connectivity index (χ3n) is 6.99. The molecule has 0 fully saturated rings. The number of halogens is 1. The molecule has 0 aliphatic rings. The molecule has 10 nitrogen and oxygen atoms in total. The highest BCUT2D eigenvalue weighted by atomic mass is 35.5. The molecule has 1 N–H and O–H groups in total. The van der Waals surface area contributed by atoms with Gasteiger partial charge in [-0.2, -0.15) is 5.21 Å². The van der Waals surface area contributed by atoms with Crippen molar-refractivity contribution in [2.24, 2.45) is 5.92 Å². The molecule has 0 spiro atoms. The van der Waals surface area contributed by atoms with E-state index < -0.39 is 0 Å². The Labute approximate surface area is 243 Å². The Morgan fingerprint density at radius 2 is 1.88 bits per heavy atom. The topological polar surface area (TPSA) is 111 Å². The number of fused-ring (bicyclic) bond motifs is 1. The lowest BCUT2D eigenvalue weighted by molar-refractivity contribution is 0.0733. The number of nitrogens with zero attached hydrogens (tertiary/aromatic N) is 6. The van der Waals surface area contributed by atoms with Crippen LogP contribution >= 0.6 is 11.6 Å². The number of H-pyrrole nitrogens is 1. The summed E-state index contributed by atoms with van der Waals surface area (Å²) in [6.07, 6.45) is 3.36. The van der Waals surface area contributed by atoms with Crippen LogP contribution < -0.4 is 9.47 Å². The van der Waals surface area contributed by atoms with E-state index >= 15 is 0 Å². The van der Waals surface area contributed by atoms with E-state index in [4.69, 9.17) is 26.1 Å². The Kier molecular flexibility index (Phi) is 8.49. The molecule has 0 saturated heterocycles. The second-order valence-corrected chi connectivity index (χ2v) is 10.5. The van der Waals surface area contributed by atoms with E-state index in [1.54, 1.807) is 12.1 Å². The molecule has 3 aromatic heterocycles. The number of carbonyl (C=O) groups excluding carboxylic acids is 1. The molecule has 11 heteroatoms. The number of amides is 1. The summed E-state index contributed by atoms with van der Waals surface area (Å²) in [6, 6.07) is 17.2. The van der Waals surface area contributed by atoms with Crippen LogP contribution in [0.3, 0.4) is 0 Å². The zero-order valence-electron chi connectivity index (χ0n) is 23.5. The van der Waals surface area contributed by atoms with Crippen LogP contribution in [0.4, 0.5) is 0 Å². The number of methoxy groups -OCH3 is 2.